The molecule has 50 heavy (non-hydrogen) atoms. The van der Waals surface area contributed by atoms with E-state index in [0.717, 1.165) is 116 Å². The Balaban J connectivity index is 3.94. The molecule has 0 aliphatic carbocycles. The number of aliphatic hydroxyl groups is 1. The number of rotatable bonds is 40. The van der Waals surface area contributed by atoms with Crippen LogP contribution in [0.25, 0.3) is 0 Å². The molecule has 0 amide bonds. The van der Waals surface area contributed by atoms with Crippen LogP contribution in [0.15, 0.2) is 0 Å². The van der Waals surface area contributed by atoms with Gasteiger partial charge in [0.15, 0.2) is 0 Å². The molecular weight excluding hydrogens is 626 g/mol. The van der Waals surface area contributed by atoms with Crippen LogP contribution in [0.4, 0.5) is 4.79 Å². The lowest BCUT2D eigenvalue weighted by molar-refractivity contribution is -0.143. The van der Waals surface area contributed by atoms with Gasteiger partial charge in [-0.15, -0.1) is 0 Å². The molecule has 0 aliphatic heterocycles. The van der Waals surface area contributed by atoms with E-state index in [1.165, 1.54) is 96.3 Å². The van der Waals surface area contributed by atoms with E-state index < -0.39 is 6.16 Å². The van der Waals surface area contributed by atoms with Gasteiger partial charge in [-0.2, -0.15) is 0 Å². The Morgan fingerprint density at radius 2 is 0.880 bits per heavy atom. The number of carbonyl (C=O) groups excluding carboxylic acids is 2. The number of nitrogens with zero attached hydrogens (tertiary/aromatic N) is 1. The molecule has 298 valence electrons. The third-order valence-corrected chi connectivity index (χ3v) is 9.89. The predicted molar refractivity (Wildman–Crippen MR) is 211 cm³/mol. The maximum Gasteiger partial charge on any atom is 0.508 e. The average Bonchev–Trinajstić information content (AvgIpc) is 3.11. The summed E-state index contributed by atoms with van der Waals surface area (Å²) in [5.41, 5.74) is 0. The van der Waals surface area contributed by atoms with E-state index >= 15 is 0 Å². The summed E-state index contributed by atoms with van der Waals surface area (Å²) >= 11 is 0. The number of aliphatic hydroxyl groups excluding tert-OH is 1. The summed E-state index contributed by atoms with van der Waals surface area (Å²) in [6.07, 6.45) is 35.1. The van der Waals surface area contributed by atoms with Crippen LogP contribution < -0.4 is 0 Å². The van der Waals surface area contributed by atoms with Crippen molar-refractivity contribution in [1.82, 2.24) is 4.90 Å². The highest BCUT2D eigenvalue weighted by Crippen LogP contribution is 2.18. The fourth-order valence-electron chi connectivity index (χ4n) is 6.61. The van der Waals surface area contributed by atoms with E-state index in [2.05, 4.69) is 25.7 Å². The second-order valence-corrected chi connectivity index (χ2v) is 14.8. The first kappa shape index (κ1) is 48.7. The summed E-state index contributed by atoms with van der Waals surface area (Å²) in [6, 6.07) is 0. The molecular formula is C43H85NO6. The number of hydrogen-bond acceptors (Lipinski definition) is 7. The first-order chi connectivity index (χ1) is 24.6. The van der Waals surface area contributed by atoms with Crippen molar-refractivity contribution < 1.29 is 28.9 Å². The molecule has 0 unspecified atom stereocenters. The van der Waals surface area contributed by atoms with Crippen LogP contribution in [0.3, 0.4) is 0 Å². The molecule has 7 nitrogen and oxygen atoms in total. The second kappa shape index (κ2) is 40.4. The molecule has 0 saturated carbocycles. The normalized spacial score (nSPS) is 11.5. The molecule has 0 fully saturated rings. The minimum Gasteiger partial charge on any atom is -0.466 e. The SMILES string of the molecule is CCCCCCCCCOC(=O)CCCCCCCN(CCO)CCCCCCOC(=O)OC(CCCCCCCC)CCCCCCCC. The van der Waals surface area contributed by atoms with Gasteiger partial charge in [-0.25, -0.2) is 4.79 Å². The summed E-state index contributed by atoms with van der Waals surface area (Å²) in [5.74, 6) is -0.0390. The molecule has 0 aromatic carbocycles. The molecule has 0 saturated heterocycles. The van der Waals surface area contributed by atoms with Gasteiger partial charge in [0.1, 0.15) is 6.10 Å². The fourth-order valence-corrected chi connectivity index (χ4v) is 6.61. The maximum absolute atomic E-state index is 12.5. The van der Waals surface area contributed by atoms with Crippen LogP contribution >= 0.6 is 0 Å². The second-order valence-electron chi connectivity index (χ2n) is 14.8. The lowest BCUT2D eigenvalue weighted by Gasteiger charge is -2.21. The quantitative estimate of drug-likeness (QED) is 0.0500. The van der Waals surface area contributed by atoms with Crippen molar-refractivity contribution in [2.45, 2.75) is 226 Å². The molecule has 7 heteroatoms. The summed E-state index contributed by atoms with van der Waals surface area (Å²) in [5, 5.41) is 9.52. The Morgan fingerprint density at radius 1 is 0.480 bits per heavy atom. The molecule has 0 aromatic rings. The highest BCUT2D eigenvalue weighted by atomic mass is 16.7. The third kappa shape index (κ3) is 36.5. The minimum atomic E-state index is -0.486. The minimum absolute atomic E-state index is 0.00877. The molecule has 1 N–H and O–H groups in total. The van der Waals surface area contributed by atoms with Crippen molar-refractivity contribution in [2.24, 2.45) is 0 Å². The van der Waals surface area contributed by atoms with Crippen LogP contribution in [-0.2, 0) is 19.0 Å². The molecule has 0 atom stereocenters. The topological polar surface area (TPSA) is 85.3 Å². The van der Waals surface area contributed by atoms with E-state index in [1.807, 2.05) is 0 Å². The predicted octanol–water partition coefficient (Wildman–Crippen LogP) is 12.5. The maximum atomic E-state index is 12.5. The zero-order valence-corrected chi connectivity index (χ0v) is 33.7. The largest absolute Gasteiger partial charge is 0.508 e. The van der Waals surface area contributed by atoms with Gasteiger partial charge in [0.2, 0.25) is 0 Å². The van der Waals surface area contributed by atoms with Crippen LogP contribution in [0.2, 0.25) is 0 Å². The van der Waals surface area contributed by atoms with E-state index in [4.69, 9.17) is 14.2 Å². The van der Waals surface area contributed by atoms with E-state index in [-0.39, 0.29) is 18.7 Å². The Bertz CT molecular complexity index is 689. The zero-order chi connectivity index (χ0) is 36.6. The van der Waals surface area contributed by atoms with Crippen molar-refractivity contribution in [2.75, 3.05) is 39.5 Å². The molecule has 0 spiro atoms. The number of carbonyl (C=O) groups is 2. The molecule has 0 aliphatic rings. The average molecular weight is 712 g/mol. The summed E-state index contributed by atoms with van der Waals surface area (Å²) in [7, 11) is 0. The van der Waals surface area contributed by atoms with Crippen molar-refractivity contribution in [3.8, 4) is 0 Å². The van der Waals surface area contributed by atoms with Crippen molar-refractivity contribution >= 4 is 12.1 Å². The van der Waals surface area contributed by atoms with Gasteiger partial charge < -0.3 is 24.2 Å². The van der Waals surface area contributed by atoms with Gasteiger partial charge in [0.05, 0.1) is 19.8 Å². The Hall–Kier alpha value is -1.34. The Morgan fingerprint density at radius 3 is 1.36 bits per heavy atom. The van der Waals surface area contributed by atoms with Crippen LogP contribution in [0.1, 0.15) is 220 Å². The van der Waals surface area contributed by atoms with Crippen molar-refractivity contribution in [3.05, 3.63) is 0 Å². The Kier molecular flexibility index (Phi) is 39.3. The number of unbranched alkanes of at least 4 members (excludes halogenated alkanes) is 23. The fraction of sp³-hybridized carbons (Fsp3) is 0.953. The standard InChI is InChI=1S/C43H85NO6/c1-4-7-10-13-16-23-30-39-48-42(46)34-27-20-17-21-28-35-44(37-38-45)36-29-22-24-31-40-49-43(47)50-41(32-25-18-14-11-8-5-2)33-26-19-15-12-9-6-3/h41,45H,4-40H2,1-3H3. The van der Waals surface area contributed by atoms with Crippen LogP contribution in [0.5, 0.6) is 0 Å². The molecule has 0 heterocycles. The Labute approximate surface area is 310 Å². The van der Waals surface area contributed by atoms with Crippen LogP contribution in [0, 0.1) is 0 Å². The van der Waals surface area contributed by atoms with Gasteiger partial charge in [-0.3, -0.25) is 4.79 Å². The van der Waals surface area contributed by atoms with Crippen LogP contribution in [-0.4, -0.2) is 67.7 Å². The van der Waals surface area contributed by atoms with Gasteiger partial charge in [0, 0.05) is 13.0 Å². The summed E-state index contributed by atoms with van der Waals surface area (Å²) < 4.78 is 16.7. The molecule has 0 radical (unpaired) electrons. The van der Waals surface area contributed by atoms with Gasteiger partial charge in [-0.1, -0.05) is 156 Å². The van der Waals surface area contributed by atoms with Crippen molar-refractivity contribution in [1.29, 1.82) is 0 Å². The third-order valence-electron chi connectivity index (χ3n) is 9.89. The number of ether oxygens (including phenoxy) is 3. The summed E-state index contributed by atoms with van der Waals surface area (Å²) in [4.78, 5) is 26.8. The molecule has 0 rings (SSSR count). The van der Waals surface area contributed by atoms with Gasteiger partial charge >= 0.3 is 12.1 Å². The highest BCUT2D eigenvalue weighted by Gasteiger charge is 2.15. The summed E-state index contributed by atoms with van der Waals surface area (Å²) in [6.45, 7) is 10.6. The number of hydrogen-bond donors (Lipinski definition) is 1. The first-order valence-electron chi connectivity index (χ1n) is 21.9. The van der Waals surface area contributed by atoms with Gasteiger partial charge in [0.25, 0.3) is 0 Å². The lowest BCUT2D eigenvalue weighted by Crippen LogP contribution is -2.29. The van der Waals surface area contributed by atoms with Gasteiger partial charge in [-0.05, 0) is 70.9 Å². The van der Waals surface area contributed by atoms with E-state index in [1.54, 1.807) is 0 Å². The zero-order valence-electron chi connectivity index (χ0n) is 33.7. The van der Waals surface area contributed by atoms with E-state index in [0.29, 0.717) is 19.6 Å². The number of esters is 1. The monoisotopic (exact) mass is 712 g/mol. The molecule has 0 bridgehead atoms. The highest BCUT2D eigenvalue weighted by molar-refractivity contribution is 5.69. The van der Waals surface area contributed by atoms with Crippen molar-refractivity contribution in [3.63, 3.8) is 0 Å². The first-order valence-corrected chi connectivity index (χ1v) is 21.9. The lowest BCUT2D eigenvalue weighted by atomic mass is 10.0. The molecule has 0 aromatic heterocycles. The van der Waals surface area contributed by atoms with E-state index in [9.17, 15) is 14.7 Å². The smallest absolute Gasteiger partial charge is 0.466 e.